The van der Waals surface area contributed by atoms with Crippen LogP contribution >= 0.6 is 0 Å². The van der Waals surface area contributed by atoms with Crippen LogP contribution in [-0.2, 0) is 24.4 Å². The van der Waals surface area contributed by atoms with Crippen LogP contribution in [0.3, 0.4) is 0 Å². The third-order valence-electron chi connectivity index (χ3n) is 10.3. The molecule has 2 aliphatic heterocycles. The second kappa shape index (κ2) is 13.9. The monoisotopic (exact) mass is 729 g/mol. The van der Waals surface area contributed by atoms with Crippen molar-refractivity contribution in [2.75, 3.05) is 13.2 Å². The summed E-state index contributed by atoms with van der Waals surface area (Å²) in [5, 5.41) is 13.7. The molecule has 16 heteroatoms. The number of nitrogens with one attached hydrogen (secondary N) is 3. The number of benzene rings is 1. The van der Waals surface area contributed by atoms with E-state index in [4.69, 9.17) is 9.47 Å². The summed E-state index contributed by atoms with van der Waals surface area (Å²) in [6.45, 7) is 5.94. The number of amides is 4. The average Bonchev–Trinajstić information content (AvgIpc) is 3.96. The first-order valence-electron chi connectivity index (χ1n) is 17.4. The summed E-state index contributed by atoms with van der Waals surface area (Å²) in [6, 6.07) is 4.89. The number of carboxylic acid groups (broad SMARTS) is 1. The van der Waals surface area contributed by atoms with Gasteiger partial charge in [0.2, 0.25) is 22.7 Å². The molecule has 2 saturated carbocycles. The number of rotatable bonds is 8. The van der Waals surface area contributed by atoms with E-state index in [1.165, 1.54) is 11.1 Å². The number of carbonyl (C=O) groups excluding carboxylic acids is 3. The Morgan fingerprint density at radius 1 is 1.16 bits per heavy atom. The first-order valence-corrected chi connectivity index (χ1v) is 18.9. The molecule has 2 aliphatic carbocycles. The lowest BCUT2D eigenvalue weighted by molar-refractivity contribution is -0.142. The van der Waals surface area contributed by atoms with Gasteiger partial charge in [0.25, 0.3) is 15.9 Å². The molecule has 51 heavy (non-hydrogen) atoms. The summed E-state index contributed by atoms with van der Waals surface area (Å²) in [5.41, 5.74) is -1.70. The van der Waals surface area contributed by atoms with Gasteiger partial charge in [0.05, 0.1) is 19.3 Å². The van der Waals surface area contributed by atoms with Crippen molar-refractivity contribution in [3.63, 3.8) is 0 Å². The molecule has 4 N–H and O–H groups in total. The molecule has 4 aliphatic rings. The van der Waals surface area contributed by atoms with Crippen LogP contribution in [0.1, 0.15) is 65.7 Å². The van der Waals surface area contributed by atoms with Crippen LogP contribution in [0.25, 0.3) is 10.8 Å². The van der Waals surface area contributed by atoms with Crippen molar-refractivity contribution in [1.82, 2.24) is 25.2 Å². The molecule has 1 unspecified atom stereocenters. The number of hydrogen-bond donors (Lipinski definition) is 4. The van der Waals surface area contributed by atoms with E-state index in [0.29, 0.717) is 37.0 Å². The van der Waals surface area contributed by atoms with Crippen LogP contribution in [-0.4, -0.2) is 89.1 Å². The third-order valence-corrected chi connectivity index (χ3v) is 12.2. The quantitative estimate of drug-likeness (QED) is 0.293. The van der Waals surface area contributed by atoms with E-state index >= 15 is 0 Å². The highest BCUT2D eigenvalue weighted by molar-refractivity contribution is 7.91. The summed E-state index contributed by atoms with van der Waals surface area (Å²) in [4.78, 5) is 59.8. The number of aromatic nitrogens is 1. The first kappa shape index (κ1) is 36.3. The highest BCUT2D eigenvalue weighted by Gasteiger charge is 2.64. The third kappa shape index (κ3) is 7.32. The molecule has 0 radical (unpaired) electrons. The van der Waals surface area contributed by atoms with Crippen LogP contribution in [0.4, 0.5) is 9.18 Å². The smallest absolute Gasteiger partial charge is 0.405 e. The minimum Gasteiger partial charge on any atom is -0.492 e. The predicted molar refractivity (Wildman–Crippen MR) is 183 cm³/mol. The van der Waals surface area contributed by atoms with Crippen LogP contribution in [0.2, 0.25) is 0 Å². The number of nitrogens with zero attached hydrogens (tertiary/aromatic N) is 2. The van der Waals surface area contributed by atoms with Gasteiger partial charge in [-0.3, -0.25) is 14.4 Å². The molecule has 4 amide bonds. The Labute approximate surface area is 295 Å². The molecule has 14 nitrogen and oxygen atoms in total. The summed E-state index contributed by atoms with van der Waals surface area (Å²) in [6.07, 6.45) is 4.31. The second-order valence-electron chi connectivity index (χ2n) is 14.2. The molecule has 3 fully saturated rings. The van der Waals surface area contributed by atoms with E-state index < -0.39 is 74.4 Å². The Kier molecular flexibility index (Phi) is 9.92. The van der Waals surface area contributed by atoms with Crippen LogP contribution in [0.5, 0.6) is 11.6 Å². The van der Waals surface area contributed by atoms with E-state index in [9.17, 15) is 37.1 Å². The summed E-state index contributed by atoms with van der Waals surface area (Å²) >= 11 is 0. The zero-order valence-corrected chi connectivity index (χ0v) is 29.6. The summed E-state index contributed by atoms with van der Waals surface area (Å²) < 4.78 is 54.1. The molecular weight excluding hydrogens is 685 g/mol. The average molecular weight is 730 g/mol. The minimum atomic E-state index is -4.66. The number of carbonyl (C=O) groups is 4. The fourth-order valence-corrected chi connectivity index (χ4v) is 8.53. The number of fused-ring (bicyclic) bond motifs is 3. The zero-order chi connectivity index (χ0) is 36.7. The molecule has 1 aromatic carbocycles. The van der Waals surface area contributed by atoms with Crippen LogP contribution < -0.4 is 24.8 Å². The normalized spacial score (nSPS) is 31.2. The van der Waals surface area contributed by atoms with Crippen molar-refractivity contribution in [2.24, 2.45) is 17.8 Å². The van der Waals surface area contributed by atoms with E-state index in [0.717, 1.165) is 5.39 Å². The van der Waals surface area contributed by atoms with E-state index in [1.807, 2.05) is 48.9 Å². The number of halogens is 1. The van der Waals surface area contributed by atoms with Crippen molar-refractivity contribution in [1.29, 1.82) is 0 Å². The van der Waals surface area contributed by atoms with Crippen molar-refractivity contribution in [3.05, 3.63) is 42.6 Å². The van der Waals surface area contributed by atoms with Gasteiger partial charge < -0.3 is 30.1 Å². The number of alkyl halides is 1. The van der Waals surface area contributed by atoms with Crippen molar-refractivity contribution < 1.29 is 46.6 Å². The van der Waals surface area contributed by atoms with Gasteiger partial charge in [-0.25, -0.2) is 27.3 Å². The minimum absolute atomic E-state index is 0.0462. The molecule has 7 atom stereocenters. The maximum absolute atomic E-state index is 14.7. The fourth-order valence-electron chi connectivity index (χ4n) is 7.28. The molecular formula is C35H44FN5O9S. The fraction of sp³-hybridized carbons (Fsp3) is 0.571. The molecule has 6 rings (SSSR count). The van der Waals surface area contributed by atoms with Gasteiger partial charge in [0.1, 0.15) is 29.5 Å². The summed E-state index contributed by atoms with van der Waals surface area (Å²) in [7, 11) is -4.66. The zero-order valence-electron chi connectivity index (χ0n) is 28.8. The maximum Gasteiger partial charge on any atom is 0.405 e. The topological polar surface area (TPSA) is 193 Å². The van der Waals surface area contributed by atoms with E-state index in [-0.39, 0.29) is 44.0 Å². The van der Waals surface area contributed by atoms with E-state index in [1.54, 1.807) is 13.0 Å². The van der Waals surface area contributed by atoms with Crippen molar-refractivity contribution >= 4 is 44.6 Å². The van der Waals surface area contributed by atoms with Gasteiger partial charge in [-0.15, -0.1) is 0 Å². The SMILES string of the molecule is CCOc1cnc(O[C@@H]2C[C@H]3C(=O)N[C@]4(C(=O)NS(=O)(=O)C5(F)CC5)CC4/C=C\CC[C@@H](C)C[C@@H](C)[C@H](NC(=O)O)C(=O)N3C2)c2ccccc12. The lowest BCUT2D eigenvalue weighted by Crippen LogP contribution is -2.59. The Balaban J connectivity index is 1.34. The lowest BCUT2D eigenvalue weighted by atomic mass is 9.88. The number of ether oxygens (including phenoxy) is 2. The van der Waals surface area contributed by atoms with Gasteiger partial charge in [0, 0.05) is 36.0 Å². The second-order valence-corrected chi connectivity index (χ2v) is 16.2. The van der Waals surface area contributed by atoms with E-state index in [2.05, 4.69) is 15.6 Å². The van der Waals surface area contributed by atoms with Gasteiger partial charge in [-0.1, -0.05) is 44.2 Å². The Hall–Kier alpha value is -4.47. The highest BCUT2D eigenvalue weighted by atomic mass is 32.2. The van der Waals surface area contributed by atoms with Gasteiger partial charge in [-0.05, 0) is 50.5 Å². The van der Waals surface area contributed by atoms with Crippen molar-refractivity contribution in [2.45, 2.75) is 94.4 Å². The van der Waals surface area contributed by atoms with Crippen LogP contribution in [0.15, 0.2) is 42.6 Å². The molecule has 1 aromatic heterocycles. The molecule has 0 bridgehead atoms. The Morgan fingerprint density at radius 2 is 1.88 bits per heavy atom. The largest absolute Gasteiger partial charge is 0.492 e. The molecule has 1 saturated heterocycles. The van der Waals surface area contributed by atoms with Crippen LogP contribution in [0, 0.1) is 17.8 Å². The molecule has 0 spiro atoms. The number of sulfonamides is 1. The highest BCUT2D eigenvalue weighted by Crippen LogP contribution is 2.48. The van der Waals surface area contributed by atoms with Gasteiger partial charge in [-0.2, -0.15) is 0 Å². The number of allylic oxidation sites excluding steroid dienone is 1. The Bertz CT molecular complexity index is 1850. The molecule has 276 valence electrons. The number of pyridine rings is 1. The maximum atomic E-state index is 14.7. The van der Waals surface area contributed by atoms with Crippen molar-refractivity contribution in [3.8, 4) is 11.6 Å². The summed E-state index contributed by atoms with van der Waals surface area (Å²) in [5.74, 6) is -2.59. The standard InChI is InChI=1S/C35H44FN5O9S/c1-4-49-27-18-37-30(25-12-8-7-11-24(25)27)50-23-16-26-29(42)39-35(32(44)40-51(47,48)34(36)13-14-34)17-22(35)10-6-5-9-20(2)15-21(3)28(38-33(45)46)31(43)41(26)19-23/h6-8,10-12,18,20-23,26,28,38H,4-5,9,13-17,19H2,1-3H3,(H,39,42)(H,40,44)(H,45,46)/b10-6-/t20-,21-,22?,23-,26+,28+,35-/m1/s1. The Morgan fingerprint density at radius 3 is 2.57 bits per heavy atom. The molecule has 2 aromatic rings. The molecule has 3 heterocycles. The lowest BCUT2D eigenvalue weighted by Gasteiger charge is -2.32. The predicted octanol–water partition coefficient (Wildman–Crippen LogP) is 3.41. The van der Waals surface area contributed by atoms with Gasteiger partial charge in [0.15, 0.2) is 0 Å². The van der Waals surface area contributed by atoms with Gasteiger partial charge >= 0.3 is 6.09 Å². The first-order chi connectivity index (χ1) is 24.2. The number of hydrogen-bond acceptors (Lipinski definition) is 9.